The van der Waals surface area contributed by atoms with Crippen LogP contribution in [0.4, 0.5) is 0 Å². The molecule has 1 atom stereocenters. The average molecular weight is 246 g/mol. The topological polar surface area (TPSA) is 55.1 Å². The second kappa shape index (κ2) is 5.21. The van der Waals surface area contributed by atoms with Crippen molar-refractivity contribution in [1.82, 2.24) is 9.55 Å². The summed E-state index contributed by atoms with van der Waals surface area (Å²) in [6.45, 7) is 3.82. The Morgan fingerprint density at radius 3 is 2.83 bits per heavy atom. The van der Waals surface area contributed by atoms with E-state index in [0.29, 0.717) is 0 Å². The number of para-hydroxylation sites is 2. The number of hydrogen-bond acceptors (Lipinski definition) is 2. The number of nitrogens with zero attached hydrogens (tertiary/aromatic N) is 2. The van der Waals surface area contributed by atoms with Crippen molar-refractivity contribution in [3.05, 3.63) is 30.1 Å². The highest BCUT2D eigenvalue weighted by Gasteiger charge is 2.20. The molecule has 0 amide bonds. The predicted molar refractivity (Wildman–Crippen MR) is 70.7 cm³/mol. The lowest BCUT2D eigenvalue weighted by Gasteiger charge is -2.13. The van der Waals surface area contributed by atoms with Gasteiger partial charge in [-0.15, -0.1) is 0 Å². The molecule has 1 aromatic heterocycles. The Hall–Kier alpha value is -1.84. The van der Waals surface area contributed by atoms with Crippen LogP contribution in [0.1, 0.15) is 38.6 Å². The molecule has 96 valence electrons. The molecule has 1 aromatic carbocycles. The van der Waals surface area contributed by atoms with Crippen molar-refractivity contribution in [2.45, 2.75) is 39.2 Å². The molecule has 0 fully saturated rings. The number of imidazole rings is 1. The Morgan fingerprint density at radius 1 is 1.44 bits per heavy atom. The Kier molecular flexibility index (Phi) is 3.65. The molecule has 0 bridgehead atoms. The monoisotopic (exact) mass is 246 g/mol. The summed E-state index contributed by atoms with van der Waals surface area (Å²) in [6, 6.07) is 7.12. The number of fused-ring (bicyclic) bond motifs is 1. The van der Waals surface area contributed by atoms with Gasteiger partial charge in [-0.2, -0.15) is 0 Å². The smallest absolute Gasteiger partial charge is 0.326 e. The molecule has 1 heterocycles. The van der Waals surface area contributed by atoms with E-state index in [2.05, 4.69) is 11.9 Å². The van der Waals surface area contributed by atoms with E-state index in [0.717, 1.165) is 36.1 Å². The highest BCUT2D eigenvalue weighted by Crippen LogP contribution is 2.22. The maximum absolute atomic E-state index is 11.2. The van der Waals surface area contributed by atoms with Crippen LogP contribution in [-0.2, 0) is 11.2 Å². The van der Waals surface area contributed by atoms with E-state index in [1.807, 2.05) is 28.8 Å². The Morgan fingerprint density at radius 2 is 2.17 bits per heavy atom. The second-order valence-corrected chi connectivity index (χ2v) is 4.50. The van der Waals surface area contributed by atoms with Gasteiger partial charge in [-0.3, -0.25) is 0 Å². The van der Waals surface area contributed by atoms with Crippen LogP contribution < -0.4 is 0 Å². The van der Waals surface area contributed by atoms with E-state index < -0.39 is 12.0 Å². The molecule has 4 heteroatoms. The van der Waals surface area contributed by atoms with Crippen molar-refractivity contribution in [3.63, 3.8) is 0 Å². The van der Waals surface area contributed by atoms with E-state index in [-0.39, 0.29) is 0 Å². The number of aromatic nitrogens is 2. The molecule has 1 N–H and O–H groups in total. The minimum atomic E-state index is -0.823. The minimum absolute atomic E-state index is 0.579. The fraction of sp³-hybridized carbons (Fsp3) is 0.429. The normalized spacial score (nSPS) is 12.8. The summed E-state index contributed by atoms with van der Waals surface area (Å²) in [5.41, 5.74) is 1.77. The third-order valence-electron chi connectivity index (χ3n) is 3.17. The maximum Gasteiger partial charge on any atom is 0.326 e. The first-order chi connectivity index (χ1) is 8.65. The molecule has 0 unspecified atom stereocenters. The van der Waals surface area contributed by atoms with Crippen molar-refractivity contribution < 1.29 is 9.90 Å². The molecule has 18 heavy (non-hydrogen) atoms. The lowest BCUT2D eigenvalue weighted by molar-refractivity contribution is -0.140. The van der Waals surface area contributed by atoms with Gasteiger partial charge in [0.05, 0.1) is 11.0 Å². The highest BCUT2D eigenvalue weighted by molar-refractivity contribution is 5.80. The Bertz CT molecular complexity index is 560. The van der Waals surface area contributed by atoms with Crippen molar-refractivity contribution in [1.29, 1.82) is 0 Å². The van der Waals surface area contributed by atoms with Gasteiger partial charge in [-0.05, 0) is 25.5 Å². The van der Waals surface area contributed by atoms with Gasteiger partial charge >= 0.3 is 5.97 Å². The Labute approximate surface area is 106 Å². The van der Waals surface area contributed by atoms with Crippen molar-refractivity contribution in [2.75, 3.05) is 0 Å². The quantitative estimate of drug-likeness (QED) is 0.882. The fourth-order valence-corrected chi connectivity index (χ4v) is 2.15. The zero-order chi connectivity index (χ0) is 13.1. The molecule has 0 radical (unpaired) electrons. The molecule has 0 aliphatic heterocycles. The van der Waals surface area contributed by atoms with Gasteiger partial charge in [0.2, 0.25) is 0 Å². The molecular weight excluding hydrogens is 228 g/mol. The summed E-state index contributed by atoms with van der Waals surface area (Å²) in [4.78, 5) is 15.8. The fourth-order valence-electron chi connectivity index (χ4n) is 2.15. The number of benzene rings is 1. The molecule has 2 aromatic rings. The number of unbranched alkanes of at least 4 members (excludes halogenated alkanes) is 1. The second-order valence-electron chi connectivity index (χ2n) is 4.50. The van der Waals surface area contributed by atoms with Crippen LogP contribution in [0, 0.1) is 0 Å². The van der Waals surface area contributed by atoms with Gasteiger partial charge in [0.1, 0.15) is 11.9 Å². The molecular formula is C14H18N2O2. The van der Waals surface area contributed by atoms with Crippen LogP contribution in [0.15, 0.2) is 24.3 Å². The van der Waals surface area contributed by atoms with Gasteiger partial charge in [0.25, 0.3) is 0 Å². The molecule has 0 aliphatic rings. The lowest BCUT2D eigenvalue weighted by atomic mass is 10.2. The van der Waals surface area contributed by atoms with Gasteiger partial charge in [0.15, 0.2) is 0 Å². The van der Waals surface area contributed by atoms with Crippen LogP contribution in [0.3, 0.4) is 0 Å². The number of aryl methyl sites for hydroxylation is 1. The number of aliphatic carboxylic acids is 1. The van der Waals surface area contributed by atoms with E-state index in [1.54, 1.807) is 6.92 Å². The molecule has 4 nitrogen and oxygen atoms in total. The summed E-state index contributed by atoms with van der Waals surface area (Å²) in [7, 11) is 0. The first-order valence-corrected chi connectivity index (χ1v) is 6.33. The summed E-state index contributed by atoms with van der Waals surface area (Å²) >= 11 is 0. The van der Waals surface area contributed by atoms with Crippen LogP contribution in [0.25, 0.3) is 11.0 Å². The lowest BCUT2D eigenvalue weighted by Crippen LogP contribution is -2.18. The minimum Gasteiger partial charge on any atom is -0.480 e. The van der Waals surface area contributed by atoms with Gasteiger partial charge in [-0.25, -0.2) is 9.78 Å². The van der Waals surface area contributed by atoms with E-state index in [1.165, 1.54) is 0 Å². The van der Waals surface area contributed by atoms with Crippen LogP contribution in [-0.4, -0.2) is 20.6 Å². The van der Waals surface area contributed by atoms with Crippen molar-refractivity contribution in [3.8, 4) is 0 Å². The third kappa shape index (κ3) is 2.23. The molecule has 0 spiro atoms. The summed E-state index contributed by atoms with van der Waals surface area (Å²) in [6.07, 6.45) is 2.92. The van der Waals surface area contributed by atoms with E-state index in [4.69, 9.17) is 0 Å². The van der Waals surface area contributed by atoms with E-state index >= 15 is 0 Å². The Balaban J connectivity index is 2.53. The van der Waals surface area contributed by atoms with Gasteiger partial charge in [-0.1, -0.05) is 25.5 Å². The zero-order valence-corrected chi connectivity index (χ0v) is 10.8. The number of carboxylic acid groups (broad SMARTS) is 1. The third-order valence-corrected chi connectivity index (χ3v) is 3.17. The summed E-state index contributed by atoms with van der Waals surface area (Å²) < 4.78 is 1.84. The van der Waals surface area contributed by atoms with Crippen molar-refractivity contribution in [2.24, 2.45) is 0 Å². The molecule has 0 aliphatic carbocycles. The average Bonchev–Trinajstić information content (AvgIpc) is 2.73. The van der Waals surface area contributed by atoms with E-state index in [9.17, 15) is 9.90 Å². The SMILES string of the molecule is CCCCc1nc2ccccc2n1[C@@H](C)C(=O)O. The van der Waals surface area contributed by atoms with Crippen molar-refractivity contribution >= 4 is 17.0 Å². The molecule has 0 saturated carbocycles. The zero-order valence-electron chi connectivity index (χ0n) is 10.8. The van der Waals surface area contributed by atoms with Gasteiger partial charge in [0, 0.05) is 6.42 Å². The standard InChI is InChI=1S/C14H18N2O2/c1-3-4-9-13-15-11-7-5-6-8-12(11)16(13)10(2)14(17)18/h5-8,10H,3-4,9H2,1-2H3,(H,17,18)/t10-/m0/s1. The maximum atomic E-state index is 11.2. The number of hydrogen-bond donors (Lipinski definition) is 1. The number of carboxylic acids is 1. The molecule has 2 rings (SSSR count). The largest absolute Gasteiger partial charge is 0.480 e. The first kappa shape index (κ1) is 12.6. The number of carbonyl (C=O) groups is 1. The summed E-state index contributed by atoms with van der Waals surface area (Å²) in [5, 5.41) is 9.21. The highest BCUT2D eigenvalue weighted by atomic mass is 16.4. The van der Waals surface area contributed by atoms with Crippen LogP contribution >= 0.6 is 0 Å². The predicted octanol–water partition coefficient (Wildman–Crippen LogP) is 3.02. The van der Waals surface area contributed by atoms with Gasteiger partial charge < -0.3 is 9.67 Å². The molecule has 0 saturated heterocycles. The van der Waals surface area contributed by atoms with Crippen LogP contribution in [0.2, 0.25) is 0 Å². The number of rotatable bonds is 5. The van der Waals surface area contributed by atoms with Crippen LogP contribution in [0.5, 0.6) is 0 Å². The summed E-state index contributed by atoms with van der Waals surface area (Å²) in [5.74, 6) is 0.0452. The first-order valence-electron chi connectivity index (χ1n) is 6.33.